The number of esters is 1. The molecule has 0 aromatic heterocycles. The van der Waals surface area contributed by atoms with Crippen LogP contribution in [0.25, 0.3) is 0 Å². The number of ether oxygens (including phenoxy) is 1. The topological polar surface area (TPSA) is 89.5 Å². The lowest BCUT2D eigenvalue weighted by Crippen LogP contribution is -2.42. The quantitative estimate of drug-likeness (QED) is 0.664. The lowest BCUT2D eigenvalue weighted by atomic mass is 10.1. The molecule has 0 spiro atoms. The molecule has 0 bridgehead atoms. The number of benzene rings is 2. The molecule has 30 heavy (non-hydrogen) atoms. The third-order valence-corrected chi connectivity index (χ3v) is 5.83. The van der Waals surface area contributed by atoms with Gasteiger partial charge < -0.3 is 10.1 Å². The fourth-order valence-corrected chi connectivity index (χ4v) is 3.96. The van der Waals surface area contributed by atoms with Crippen LogP contribution in [0.15, 0.2) is 58.3 Å². The summed E-state index contributed by atoms with van der Waals surface area (Å²) in [5.41, 5.74) is 0.646. The Morgan fingerprint density at radius 1 is 1.07 bits per heavy atom. The minimum Gasteiger partial charge on any atom is -0.462 e. The molecule has 1 atom stereocenters. The van der Waals surface area contributed by atoms with Gasteiger partial charge in [-0.3, -0.25) is 4.79 Å². The molecule has 0 aliphatic rings. The largest absolute Gasteiger partial charge is 0.471 e. The Kier molecular flexibility index (Phi) is 7.25. The Labute approximate surface area is 172 Å². The molecule has 1 N–H and O–H groups in total. The van der Waals surface area contributed by atoms with Crippen molar-refractivity contribution >= 4 is 21.7 Å². The number of halogens is 3. The van der Waals surface area contributed by atoms with Gasteiger partial charge in [0.05, 0.1) is 22.0 Å². The summed E-state index contributed by atoms with van der Waals surface area (Å²) in [5, 5.41) is 1.84. The van der Waals surface area contributed by atoms with Gasteiger partial charge in [0.25, 0.3) is 0 Å². The summed E-state index contributed by atoms with van der Waals surface area (Å²) >= 11 is 0. The summed E-state index contributed by atoms with van der Waals surface area (Å²) in [5.74, 6) is -2.67. The maximum atomic E-state index is 12.8. The van der Waals surface area contributed by atoms with Crippen LogP contribution in [0.4, 0.5) is 13.2 Å². The summed E-state index contributed by atoms with van der Waals surface area (Å²) in [6, 6.07) is 10.2. The van der Waals surface area contributed by atoms with Crippen molar-refractivity contribution in [3.8, 4) is 0 Å². The van der Waals surface area contributed by atoms with Gasteiger partial charge in [0.1, 0.15) is 0 Å². The van der Waals surface area contributed by atoms with Crippen LogP contribution < -0.4 is 5.32 Å². The number of rotatable bonds is 7. The second-order valence-electron chi connectivity index (χ2n) is 6.47. The van der Waals surface area contributed by atoms with Crippen molar-refractivity contribution in [2.24, 2.45) is 0 Å². The summed E-state index contributed by atoms with van der Waals surface area (Å²) in [7, 11) is -3.92. The van der Waals surface area contributed by atoms with E-state index in [4.69, 9.17) is 4.74 Å². The monoisotopic (exact) mass is 443 g/mol. The van der Waals surface area contributed by atoms with Crippen molar-refractivity contribution in [3.63, 3.8) is 0 Å². The number of hydrogen-bond donors (Lipinski definition) is 1. The first-order chi connectivity index (χ1) is 13.9. The van der Waals surface area contributed by atoms with E-state index >= 15 is 0 Å². The molecule has 0 unspecified atom stereocenters. The van der Waals surface area contributed by atoms with Crippen LogP contribution in [0, 0.1) is 0 Å². The van der Waals surface area contributed by atoms with Crippen molar-refractivity contribution < 1.29 is 35.9 Å². The number of nitrogens with one attached hydrogen (secondary N) is 1. The van der Waals surface area contributed by atoms with Gasteiger partial charge in [-0.05, 0) is 56.2 Å². The molecule has 1 amide bonds. The number of sulfone groups is 1. The molecule has 2 aromatic carbocycles. The third-order valence-electron chi connectivity index (χ3n) is 4.07. The summed E-state index contributed by atoms with van der Waals surface area (Å²) in [4.78, 5) is 22.7. The molecule has 162 valence electrons. The maximum Gasteiger partial charge on any atom is 0.471 e. The van der Waals surface area contributed by atoms with Crippen LogP contribution in [0.2, 0.25) is 0 Å². The lowest BCUT2D eigenvalue weighted by Gasteiger charge is -2.15. The minimum atomic E-state index is -4.97. The lowest BCUT2D eigenvalue weighted by molar-refractivity contribution is -0.174. The van der Waals surface area contributed by atoms with Gasteiger partial charge in [-0.15, -0.1) is 0 Å². The highest BCUT2D eigenvalue weighted by molar-refractivity contribution is 7.91. The SMILES string of the molecule is CCOC(=O)c1cccc(S(=O)(=O)c2ccc(C[C@@H](C)NC(=O)C(F)(F)F)cc2)c1. The Morgan fingerprint density at radius 3 is 2.27 bits per heavy atom. The van der Waals surface area contributed by atoms with E-state index in [-0.39, 0.29) is 28.4 Å². The van der Waals surface area contributed by atoms with Crippen LogP contribution in [0.5, 0.6) is 0 Å². The predicted octanol–water partition coefficient (Wildman–Crippen LogP) is 3.31. The molecular weight excluding hydrogens is 423 g/mol. The van der Waals surface area contributed by atoms with Crippen molar-refractivity contribution in [3.05, 3.63) is 59.7 Å². The second kappa shape index (κ2) is 9.29. The Balaban J connectivity index is 2.16. The van der Waals surface area contributed by atoms with E-state index in [1.165, 1.54) is 55.5 Å². The van der Waals surface area contributed by atoms with Gasteiger partial charge in [0, 0.05) is 6.04 Å². The standard InChI is InChI=1S/C20H20F3NO5S/c1-3-29-18(25)15-5-4-6-17(12-15)30(27,28)16-9-7-14(8-10-16)11-13(2)24-19(26)20(21,22)23/h4-10,12-13H,3,11H2,1-2H3,(H,24,26)/t13-/m1/s1. The normalized spacial score (nSPS) is 12.8. The fraction of sp³-hybridized carbons (Fsp3) is 0.300. The van der Waals surface area contributed by atoms with E-state index in [9.17, 15) is 31.2 Å². The van der Waals surface area contributed by atoms with Gasteiger partial charge in [-0.1, -0.05) is 18.2 Å². The molecular formula is C20H20F3NO5S. The fourth-order valence-electron chi connectivity index (χ4n) is 2.66. The average Bonchev–Trinajstić information content (AvgIpc) is 2.68. The van der Waals surface area contributed by atoms with Crippen LogP contribution in [0.3, 0.4) is 0 Å². The van der Waals surface area contributed by atoms with Crippen molar-refractivity contribution in [2.75, 3.05) is 6.61 Å². The highest BCUT2D eigenvalue weighted by Gasteiger charge is 2.39. The highest BCUT2D eigenvalue weighted by Crippen LogP contribution is 2.23. The Bertz CT molecular complexity index is 1020. The smallest absolute Gasteiger partial charge is 0.462 e. The van der Waals surface area contributed by atoms with Crippen LogP contribution in [-0.2, 0) is 25.8 Å². The van der Waals surface area contributed by atoms with E-state index in [2.05, 4.69) is 0 Å². The second-order valence-corrected chi connectivity index (χ2v) is 8.42. The summed E-state index contributed by atoms with van der Waals surface area (Å²) in [6.07, 6.45) is -4.88. The van der Waals surface area contributed by atoms with E-state index in [1.807, 2.05) is 5.32 Å². The molecule has 0 fully saturated rings. The first-order valence-corrected chi connectivity index (χ1v) is 10.4. The predicted molar refractivity (Wildman–Crippen MR) is 102 cm³/mol. The first-order valence-electron chi connectivity index (χ1n) is 8.94. The number of amides is 1. The molecule has 0 heterocycles. The summed E-state index contributed by atoms with van der Waals surface area (Å²) < 4.78 is 67.4. The molecule has 0 radical (unpaired) electrons. The number of carbonyl (C=O) groups excluding carboxylic acids is 2. The zero-order valence-corrected chi connectivity index (χ0v) is 17.0. The van der Waals surface area contributed by atoms with E-state index in [0.29, 0.717) is 5.56 Å². The molecule has 2 rings (SSSR count). The number of hydrogen-bond acceptors (Lipinski definition) is 5. The van der Waals surface area contributed by atoms with E-state index in [0.717, 1.165) is 0 Å². The van der Waals surface area contributed by atoms with Crippen molar-refractivity contribution in [1.29, 1.82) is 0 Å². The number of alkyl halides is 3. The van der Waals surface area contributed by atoms with Gasteiger partial charge in [-0.25, -0.2) is 13.2 Å². The van der Waals surface area contributed by atoms with Crippen LogP contribution >= 0.6 is 0 Å². The molecule has 0 saturated heterocycles. The van der Waals surface area contributed by atoms with E-state index < -0.39 is 33.9 Å². The maximum absolute atomic E-state index is 12.8. The van der Waals surface area contributed by atoms with Crippen LogP contribution in [-0.4, -0.2) is 39.1 Å². The van der Waals surface area contributed by atoms with Gasteiger partial charge in [0.2, 0.25) is 9.84 Å². The number of carbonyl (C=O) groups is 2. The minimum absolute atomic E-state index is 0.0424. The molecule has 0 aliphatic carbocycles. The van der Waals surface area contributed by atoms with E-state index in [1.54, 1.807) is 6.92 Å². The van der Waals surface area contributed by atoms with Gasteiger partial charge in [-0.2, -0.15) is 13.2 Å². The Hall–Kier alpha value is -2.88. The highest BCUT2D eigenvalue weighted by atomic mass is 32.2. The molecule has 2 aromatic rings. The molecule has 10 heteroatoms. The molecule has 6 nitrogen and oxygen atoms in total. The zero-order chi connectivity index (χ0) is 22.5. The molecule has 0 aliphatic heterocycles. The van der Waals surface area contributed by atoms with Gasteiger partial charge in [0.15, 0.2) is 0 Å². The van der Waals surface area contributed by atoms with Crippen molar-refractivity contribution in [2.45, 2.75) is 42.3 Å². The van der Waals surface area contributed by atoms with Crippen LogP contribution in [0.1, 0.15) is 29.8 Å². The van der Waals surface area contributed by atoms with Gasteiger partial charge >= 0.3 is 18.1 Å². The zero-order valence-electron chi connectivity index (χ0n) is 16.2. The molecule has 0 saturated carbocycles. The first kappa shape index (κ1) is 23.4. The van der Waals surface area contributed by atoms with Crippen molar-refractivity contribution in [1.82, 2.24) is 5.32 Å². The third kappa shape index (κ3) is 5.82. The Morgan fingerprint density at radius 2 is 1.70 bits per heavy atom. The average molecular weight is 443 g/mol. The summed E-state index contributed by atoms with van der Waals surface area (Å²) in [6.45, 7) is 3.20.